The normalized spacial score (nSPS) is 20.0. The molecule has 2 unspecified atom stereocenters. The summed E-state index contributed by atoms with van der Waals surface area (Å²) in [7, 11) is 1.62. The average molecular weight is 451 g/mol. The van der Waals surface area contributed by atoms with Crippen LogP contribution in [-0.4, -0.2) is 59.1 Å². The van der Waals surface area contributed by atoms with E-state index in [-0.39, 0.29) is 6.10 Å². The number of hydrogen-bond donors (Lipinski definition) is 1. The van der Waals surface area contributed by atoms with Gasteiger partial charge in [-0.3, -0.25) is 0 Å². The second-order valence-corrected chi connectivity index (χ2v) is 9.19. The molecular weight excluding hydrogens is 420 g/mol. The molecule has 1 N–H and O–H groups in total. The lowest BCUT2D eigenvalue weighted by Crippen LogP contribution is -2.45. The topological polar surface area (TPSA) is 81.1 Å². The summed E-state index contributed by atoms with van der Waals surface area (Å²) in [5.74, 6) is 1.38. The number of aromatic nitrogens is 1. The van der Waals surface area contributed by atoms with Gasteiger partial charge in [0.05, 0.1) is 30.0 Å². The number of aliphatic hydroxyl groups is 1. The highest BCUT2D eigenvalue weighted by Crippen LogP contribution is 2.34. The van der Waals surface area contributed by atoms with E-state index in [0.717, 1.165) is 28.4 Å². The fourth-order valence-electron chi connectivity index (χ4n) is 4.04. The number of benzene rings is 2. The quantitative estimate of drug-likeness (QED) is 0.430. The Balaban J connectivity index is 1.65. The molecule has 4 rings (SSSR count). The van der Waals surface area contributed by atoms with Crippen molar-refractivity contribution in [1.29, 1.82) is 0 Å². The number of carbonyl (C=O) groups excluding carboxylic acids is 1. The van der Waals surface area contributed by atoms with Crippen molar-refractivity contribution in [3.8, 4) is 22.8 Å². The summed E-state index contributed by atoms with van der Waals surface area (Å²) in [6.45, 7) is 5.94. The van der Waals surface area contributed by atoms with Crippen molar-refractivity contribution in [3.63, 3.8) is 0 Å². The van der Waals surface area contributed by atoms with Crippen molar-refractivity contribution in [2.45, 2.75) is 51.4 Å². The fraction of sp³-hybridized carbons (Fsp3) is 0.385. The molecule has 0 aliphatic carbocycles. The van der Waals surface area contributed by atoms with Crippen molar-refractivity contribution in [3.05, 3.63) is 54.6 Å². The van der Waals surface area contributed by atoms with Crippen LogP contribution in [0.4, 0.5) is 0 Å². The van der Waals surface area contributed by atoms with E-state index in [1.807, 2.05) is 75.4 Å². The molecule has 33 heavy (non-hydrogen) atoms. The smallest absolute Gasteiger partial charge is 0.217 e. The van der Waals surface area contributed by atoms with E-state index in [4.69, 9.17) is 19.2 Å². The first-order valence-electron chi connectivity index (χ1n) is 11.0. The number of carbonyl (C=O) groups is 1. The summed E-state index contributed by atoms with van der Waals surface area (Å²) in [4.78, 5) is 18.2. The molecule has 3 aromatic rings. The van der Waals surface area contributed by atoms with E-state index in [0.29, 0.717) is 24.5 Å². The minimum absolute atomic E-state index is 0.297. The van der Waals surface area contributed by atoms with Crippen LogP contribution in [0.2, 0.25) is 0 Å². The van der Waals surface area contributed by atoms with Crippen LogP contribution in [0.25, 0.3) is 22.2 Å². The monoisotopic (exact) mass is 450 g/mol. The number of fused-ring (bicyclic) bond motifs is 1. The lowest BCUT2D eigenvalue weighted by Gasteiger charge is -2.31. The average Bonchev–Trinajstić information content (AvgIpc) is 3.21. The molecule has 0 spiro atoms. The fourth-order valence-corrected chi connectivity index (χ4v) is 4.04. The van der Waals surface area contributed by atoms with Crippen molar-refractivity contribution >= 4 is 17.2 Å². The molecule has 174 valence electrons. The molecule has 7 nitrogen and oxygen atoms in total. The number of aliphatic hydroxyl groups excluding tert-OH is 1. The predicted molar refractivity (Wildman–Crippen MR) is 126 cm³/mol. The minimum atomic E-state index is -1.19. The summed E-state index contributed by atoms with van der Waals surface area (Å²) in [6.07, 6.45) is -0.194. The van der Waals surface area contributed by atoms with E-state index in [1.54, 1.807) is 12.0 Å². The summed E-state index contributed by atoms with van der Waals surface area (Å²) in [6, 6.07) is 17.0. The molecule has 7 heteroatoms. The van der Waals surface area contributed by atoms with Gasteiger partial charge >= 0.3 is 0 Å². The van der Waals surface area contributed by atoms with Gasteiger partial charge < -0.3 is 24.1 Å². The number of nitrogens with zero attached hydrogens (tertiary/aromatic N) is 2. The second kappa shape index (κ2) is 9.47. The van der Waals surface area contributed by atoms with Gasteiger partial charge in [-0.15, -0.1) is 0 Å². The van der Waals surface area contributed by atoms with Crippen LogP contribution in [0.1, 0.15) is 27.2 Å². The van der Waals surface area contributed by atoms with E-state index in [9.17, 15) is 9.90 Å². The summed E-state index contributed by atoms with van der Waals surface area (Å²) < 4.78 is 17.5. The van der Waals surface area contributed by atoms with Crippen LogP contribution in [0, 0.1) is 0 Å². The Morgan fingerprint density at radius 3 is 2.58 bits per heavy atom. The molecule has 0 radical (unpaired) electrons. The summed E-state index contributed by atoms with van der Waals surface area (Å²) in [5.41, 5.74) is 1.96. The molecule has 2 aromatic carbocycles. The Hall–Kier alpha value is -3.00. The standard InChI is InChI=1S/C26H30N2O5/c1-26(2,3)33-25(30)28-15-20(12-18(28)16-29)32-24-14-22(17-8-6-5-7-9-17)27-23-13-19(31-4)10-11-21(23)24/h5-11,13-14,16,18,20,25,30H,12,15H2,1-4H3/t18?,20-,25?/m1/s1. The van der Waals surface area contributed by atoms with Gasteiger partial charge in [0.25, 0.3) is 0 Å². The molecule has 1 aliphatic rings. The first-order chi connectivity index (χ1) is 15.8. The zero-order valence-corrected chi connectivity index (χ0v) is 19.4. The lowest BCUT2D eigenvalue weighted by molar-refractivity contribution is -0.240. The van der Waals surface area contributed by atoms with Gasteiger partial charge in [-0.05, 0) is 32.9 Å². The molecule has 3 atom stereocenters. The molecular formula is C26H30N2O5. The molecule has 2 heterocycles. The SMILES string of the molecule is COc1ccc2c(O[C@@H]3CC(C=O)N(C(O)OC(C)(C)C)C3)cc(-c3ccccc3)nc2c1. The van der Waals surface area contributed by atoms with Crippen LogP contribution < -0.4 is 9.47 Å². The highest BCUT2D eigenvalue weighted by atomic mass is 16.6. The molecule has 1 saturated heterocycles. The number of aldehydes is 1. The van der Waals surface area contributed by atoms with Gasteiger partial charge in [0.2, 0.25) is 6.41 Å². The van der Waals surface area contributed by atoms with E-state index >= 15 is 0 Å². The molecule has 1 aliphatic heterocycles. The van der Waals surface area contributed by atoms with Gasteiger partial charge in [-0.2, -0.15) is 0 Å². The van der Waals surface area contributed by atoms with Crippen molar-refractivity contribution < 1.29 is 24.1 Å². The lowest BCUT2D eigenvalue weighted by atomic mass is 10.1. The van der Waals surface area contributed by atoms with Crippen LogP contribution in [0.15, 0.2) is 54.6 Å². The number of hydrogen-bond acceptors (Lipinski definition) is 7. The van der Waals surface area contributed by atoms with Gasteiger partial charge in [0.1, 0.15) is 23.9 Å². The van der Waals surface area contributed by atoms with Crippen LogP contribution in [0.3, 0.4) is 0 Å². The van der Waals surface area contributed by atoms with Gasteiger partial charge in [-0.1, -0.05) is 30.3 Å². The van der Waals surface area contributed by atoms with Gasteiger partial charge in [0, 0.05) is 36.0 Å². The maximum Gasteiger partial charge on any atom is 0.217 e. The molecule has 1 aromatic heterocycles. The summed E-state index contributed by atoms with van der Waals surface area (Å²) >= 11 is 0. The third kappa shape index (κ3) is 5.33. The van der Waals surface area contributed by atoms with Crippen molar-refractivity contribution in [2.75, 3.05) is 13.7 Å². The summed E-state index contributed by atoms with van der Waals surface area (Å²) in [5, 5.41) is 11.4. The van der Waals surface area contributed by atoms with E-state index in [1.165, 1.54) is 0 Å². The van der Waals surface area contributed by atoms with Crippen LogP contribution in [0.5, 0.6) is 11.5 Å². The predicted octanol–water partition coefficient (Wildman–Crippen LogP) is 4.02. The highest BCUT2D eigenvalue weighted by Gasteiger charge is 2.39. The Morgan fingerprint density at radius 2 is 1.91 bits per heavy atom. The van der Waals surface area contributed by atoms with Crippen molar-refractivity contribution in [2.24, 2.45) is 0 Å². The molecule has 0 bridgehead atoms. The Bertz CT molecular complexity index is 1110. The van der Waals surface area contributed by atoms with E-state index < -0.39 is 18.1 Å². The Kier molecular flexibility index (Phi) is 6.65. The minimum Gasteiger partial charge on any atom is -0.497 e. The highest BCUT2D eigenvalue weighted by molar-refractivity contribution is 5.89. The Morgan fingerprint density at radius 1 is 1.15 bits per heavy atom. The van der Waals surface area contributed by atoms with Gasteiger partial charge in [0.15, 0.2) is 0 Å². The third-order valence-electron chi connectivity index (χ3n) is 5.59. The van der Waals surface area contributed by atoms with Crippen LogP contribution in [-0.2, 0) is 9.53 Å². The first-order valence-corrected chi connectivity index (χ1v) is 11.0. The maximum atomic E-state index is 11.7. The molecule has 0 amide bonds. The zero-order valence-electron chi connectivity index (χ0n) is 19.4. The third-order valence-corrected chi connectivity index (χ3v) is 5.59. The Labute approximate surface area is 193 Å². The zero-order chi connectivity index (χ0) is 23.6. The molecule has 1 fully saturated rings. The number of likely N-dealkylation sites (tertiary alicyclic amines) is 1. The van der Waals surface area contributed by atoms with Crippen LogP contribution >= 0.6 is 0 Å². The first kappa shape index (κ1) is 23.2. The number of methoxy groups -OCH3 is 1. The van der Waals surface area contributed by atoms with Gasteiger partial charge in [-0.25, -0.2) is 9.88 Å². The second-order valence-electron chi connectivity index (χ2n) is 9.19. The maximum absolute atomic E-state index is 11.7. The largest absolute Gasteiger partial charge is 0.497 e. The molecule has 0 saturated carbocycles. The van der Waals surface area contributed by atoms with E-state index in [2.05, 4.69) is 0 Å². The number of rotatable bonds is 7. The van der Waals surface area contributed by atoms with Crippen molar-refractivity contribution in [1.82, 2.24) is 9.88 Å². The number of pyridine rings is 1. The number of ether oxygens (including phenoxy) is 3.